The summed E-state index contributed by atoms with van der Waals surface area (Å²) in [6.07, 6.45) is 6.57. The monoisotopic (exact) mass is 337 g/mol. The van der Waals surface area contributed by atoms with Gasteiger partial charge in [0.1, 0.15) is 11.5 Å². The van der Waals surface area contributed by atoms with E-state index in [-0.39, 0.29) is 0 Å². The average Bonchev–Trinajstić information content (AvgIpc) is 3.09. The van der Waals surface area contributed by atoms with Crippen molar-refractivity contribution in [2.75, 3.05) is 25.1 Å². The average molecular weight is 337 g/mol. The molecule has 0 bridgehead atoms. The molecule has 1 heterocycles. The van der Waals surface area contributed by atoms with Crippen molar-refractivity contribution in [2.45, 2.75) is 38.2 Å². The van der Waals surface area contributed by atoms with Crippen molar-refractivity contribution in [1.82, 2.24) is 0 Å². The third-order valence-electron chi connectivity index (χ3n) is 5.92. The van der Waals surface area contributed by atoms with E-state index in [0.717, 1.165) is 18.0 Å². The van der Waals surface area contributed by atoms with Gasteiger partial charge in [-0.2, -0.15) is 0 Å². The molecule has 1 saturated carbocycles. The molecule has 1 spiro atoms. The highest BCUT2D eigenvalue weighted by Crippen LogP contribution is 2.45. The van der Waals surface area contributed by atoms with Crippen LogP contribution in [0.25, 0.3) is 0 Å². The second-order valence-electron chi connectivity index (χ2n) is 7.50. The van der Waals surface area contributed by atoms with Gasteiger partial charge in [0.25, 0.3) is 0 Å². The van der Waals surface area contributed by atoms with E-state index in [1.165, 1.54) is 44.3 Å². The predicted molar refractivity (Wildman–Crippen MR) is 102 cm³/mol. The van der Waals surface area contributed by atoms with Crippen LogP contribution >= 0.6 is 0 Å². The van der Waals surface area contributed by atoms with Gasteiger partial charge in [-0.15, -0.1) is 0 Å². The van der Waals surface area contributed by atoms with Crippen LogP contribution in [0.2, 0.25) is 0 Å². The fourth-order valence-electron chi connectivity index (χ4n) is 4.37. The molecule has 0 radical (unpaired) electrons. The van der Waals surface area contributed by atoms with E-state index in [1.54, 1.807) is 7.11 Å². The largest absolute Gasteiger partial charge is 0.497 e. The van der Waals surface area contributed by atoms with E-state index in [0.29, 0.717) is 11.5 Å². The number of ether oxygens (including phenoxy) is 2. The lowest BCUT2D eigenvalue weighted by atomic mass is 9.72. The lowest BCUT2D eigenvalue weighted by molar-refractivity contribution is 0.0906. The van der Waals surface area contributed by atoms with Crippen LogP contribution in [0, 0.1) is 5.41 Å². The van der Waals surface area contributed by atoms with Gasteiger partial charge in [-0.3, -0.25) is 0 Å². The summed E-state index contributed by atoms with van der Waals surface area (Å²) in [6, 6.07) is 18.7. The molecule has 0 aromatic heterocycles. The van der Waals surface area contributed by atoms with Crippen molar-refractivity contribution >= 4 is 5.69 Å². The van der Waals surface area contributed by atoms with Crippen LogP contribution in [-0.2, 0) is 0 Å². The van der Waals surface area contributed by atoms with E-state index in [9.17, 15) is 0 Å². The van der Waals surface area contributed by atoms with Crippen LogP contribution in [0.5, 0.6) is 11.5 Å². The van der Waals surface area contributed by atoms with Crippen molar-refractivity contribution in [3.63, 3.8) is 0 Å². The van der Waals surface area contributed by atoms with Gasteiger partial charge in [-0.05, 0) is 73.9 Å². The Morgan fingerprint density at radius 1 is 0.880 bits per heavy atom. The molecule has 1 aliphatic heterocycles. The molecular formula is C22H27NO2. The maximum atomic E-state index is 6.17. The molecule has 2 aromatic carbocycles. The third-order valence-corrected chi connectivity index (χ3v) is 5.92. The minimum absolute atomic E-state index is 0.378. The molecule has 0 N–H and O–H groups in total. The molecule has 2 aliphatic rings. The zero-order valence-corrected chi connectivity index (χ0v) is 15.0. The van der Waals surface area contributed by atoms with Gasteiger partial charge in [0.2, 0.25) is 0 Å². The lowest BCUT2D eigenvalue weighted by Crippen LogP contribution is -2.34. The predicted octanol–water partition coefficient (Wildman–Crippen LogP) is 4.91. The second kappa shape index (κ2) is 6.99. The topological polar surface area (TPSA) is 21.7 Å². The van der Waals surface area contributed by atoms with Crippen LogP contribution < -0.4 is 14.4 Å². The maximum Gasteiger partial charge on any atom is 0.119 e. The summed E-state index contributed by atoms with van der Waals surface area (Å²) < 4.78 is 11.4. The first-order valence-corrected chi connectivity index (χ1v) is 9.37. The molecule has 0 unspecified atom stereocenters. The third kappa shape index (κ3) is 3.60. The lowest BCUT2D eigenvalue weighted by Gasteiger charge is -2.37. The maximum absolute atomic E-state index is 6.17. The SMILES string of the molecule is COc1ccc(N2CCC3(CCC(Oc4ccccc4)CC3)C2)cc1. The fourth-order valence-corrected chi connectivity index (χ4v) is 4.37. The molecule has 2 aromatic rings. The zero-order chi connectivity index (χ0) is 17.1. The highest BCUT2D eigenvalue weighted by molar-refractivity contribution is 5.50. The van der Waals surface area contributed by atoms with Gasteiger partial charge in [-0.25, -0.2) is 0 Å². The van der Waals surface area contributed by atoms with Crippen molar-refractivity contribution in [1.29, 1.82) is 0 Å². The Hall–Kier alpha value is -2.16. The Bertz CT molecular complexity index is 675. The number of hydrogen-bond acceptors (Lipinski definition) is 3. The number of rotatable bonds is 4. The van der Waals surface area contributed by atoms with E-state index in [1.807, 2.05) is 18.2 Å². The standard InChI is InChI=1S/C22H27NO2/c1-24-19-9-7-18(8-10-19)23-16-15-22(17-23)13-11-21(12-14-22)25-20-5-3-2-4-6-20/h2-10,21H,11-17H2,1H3. The van der Waals surface area contributed by atoms with Gasteiger partial charge in [0.15, 0.2) is 0 Å². The number of hydrogen-bond donors (Lipinski definition) is 0. The van der Waals surface area contributed by atoms with E-state index >= 15 is 0 Å². The number of methoxy groups -OCH3 is 1. The first-order chi connectivity index (χ1) is 12.3. The molecule has 1 saturated heterocycles. The number of benzene rings is 2. The minimum Gasteiger partial charge on any atom is -0.497 e. The van der Waals surface area contributed by atoms with E-state index < -0.39 is 0 Å². The summed E-state index contributed by atoms with van der Waals surface area (Å²) in [5, 5.41) is 0. The number of nitrogens with zero attached hydrogens (tertiary/aromatic N) is 1. The summed E-state index contributed by atoms with van der Waals surface area (Å²) >= 11 is 0. The molecule has 0 atom stereocenters. The summed E-state index contributed by atoms with van der Waals surface area (Å²) in [4.78, 5) is 2.54. The van der Waals surface area contributed by atoms with E-state index in [4.69, 9.17) is 9.47 Å². The molecule has 2 fully saturated rings. The van der Waals surface area contributed by atoms with Crippen molar-refractivity contribution in [3.05, 3.63) is 54.6 Å². The molecule has 3 nitrogen and oxygen atoms in total. The quantitative estimate of drug-likeness (QED) is 0.791. The van der Waals surface area contributed by atoms with Crippen LogP contribution in [-0.4, -0.2) is 26.3 Å². The molecule has 25 heavy (non-hydrogen) atoms. The van der Waals surface area contributed by atoms with Crippen LogP contribution in [0.4, 0.5) is 5.69 Å². The molecule has 1 aliphatic carbocycles. The van der Waals surface area contributed by atoms with Crippen molar-refractivity contribution in [3.8, 4) is 11.5 Å². The highest BCUT2D eigenvalue weighted by Gasteiger charge is 2.41. The Morgan fingerprint density at radius 3 is 2.28 bits per heavy atom. The summed E-state index contributed by atoms with van der Waals surface area (Å²) in [5.41, 5.74) is 1.80. The van der Waals surface area contributed by atoms with Gasteiger partial charge in [0.05, 0.1) is 13.2 Å². The van der Waals surface area contributed by atoms with Gasteiger partial charge in [-0.1, -0.05) is 18.2 Å². The zero-order valence-electron chi connectivity index (χ0n) is 15.0. The second-order valence-corrected chi connectivity index (χ2v) is 7.50. The van der Waals surface area contributed by atoms with Gasteiger partial charge >= 0.3 is 0 Å². The smallest absolute Gasteiger partial charge is 0.119 e. The molecule has 0 amide bonds. The first kappa shape index (κ1) is 16.3. The summed E-state index contributed by atoms with van der Waals surface area (Å²) in [6.45, 7) is 2.34. The Kier molecular flexibility index (Phi) is 4.56. The van der Waals surface area contributed by atoms with Crippen LogP contribution in [0.1, 0.15) is 32.1 Å². The summed E-state index contributed by atoms with van der Waals surface area (Å²) in [7, 11) is 1.72. The normalized spacial score (nSPS) is 26.0. The molecule has 3 heteroatoms. The minimum atomic E-state index is 0.378. The van der Waals surface area contributed by atoms with Gasteiger partial charge < -0.3 is 14.4 Å². The molecule has 4 rings (SSSR count). The van der Waals surface area contributed by atoms with Crippen molar-refractivity contribution < 1.29 is 9.47 Å². The molecular weight excluding hydrogens is 310 g/mol. The van der Waals surface area contributed by atoms with Crippen LogP contribution in [0.15, 0.2) is 54.6 Å². The highest BCUT2D eigenvalue weighted by atomic mass is 16.5. The number of anilines is 1. The summed E-state index contributed by atoms with van der Waals surface area (Å²) in [5.74, 6) is 1.94. The van der Waals surface area contributed by atoms with Crippen LogP contribution in [0.3, 0.4) is 0 Å². The van der Waals surface area contributed by atoms with Gasteiger partial charge in [0, 0.05) is 18.8 Å². The first-order valence-electron chi connectivity index (χ1n) is 9.37. The Balaban J connectivity index is 1.34. The Labute approximate surface area is 150 Å². The number of para-hydroxylation sites is 1. The van der Waals surface area contributed by atoms with Crippen molar-refractivity contribution in [2.24, 2.45) is 5.41 Å². The fraction of sp³-hybridized carbons (Fsp3) is 0.455. The molecule has 132 valence electrons. The van der Waals surface area contributed by atoms with E-state index in [2.05, 4.69) is 41.3 Å². The Morgan fingerprint density at radius 2 is 1.60 bits per heavy atom.